The quantitative estimate of drug-likeness (QED) is 0.589. The molecule has 1 aliphatic rings. The van der Waals surface area contributed by atoms with E-state index < -0.39 is 11.8 Å². The van der Waals surface area contributed by atoms with E-state index in [1.165, 1.54) is 4.90 Å². The normalized spacial score (nSPS) is 13.0. The molecule has 0 bridgehead atoms. The third kappa shape index (κ3) is 3.77. The fourth-order valence-electron chi connectivity index (χ4n) is 3.27. The lowest BCUT2D eigenvalue weighted by molar-refractivity contribution is -0.136. The van der Waals surface area contributed by atoms with E-state index in [-0.39, 0.29) is 12.5 Å². The molecule has 0 saturated heterocycles. The highest BCUT2D eigenvalue weighted by Crippen LogP contribution is 2.33. The molecule has 4 rings (SSSR count). The van der Waals surface area contributed by atoms with Gasteiger partial charge in [0.1, 0.15) is 5.75 Å². The zero-order chi connectivity index (χ0) is 20.4. The van der Waals surface area contributed by atoms with Crippen molar-refractivity contribution in [2.45, 2.75) is 6.42 Å². The van der Waals surface area contributed by atoms with Gasteiger partial charge in [-0.05, 0) is 36.2 Å². The summed E-state index contributed by atoms with van der Waals surface area (Å²) >= 11 is 0. The summed E-state index contributed by atoms with van der Waals surface area (Å²) in [6.45, 7) is 0.317. The molecule has 0 fully saturated rings. The second-order valence-corrected chi connectivity index (χ2v) is 6.74. The monoisotopic (exact) mass is 392 g/mol. The lowest BCUT2D eigenvalue weighted by atomic mass is 10.1. The Bertz CT molecular complexity index is 1110. The molecule has 148 valence electrons. The van der Waals surface area contributed by atoms with Crippen molar-refractivity contribution < 1.29 is 19.1 Å². The molecule has 3 amide bonds. The standard InChI is InChI=1S/C21H20N4O4/c1-25-17-10-14(6-7-18(17)29-12-19(25)26)24-21(28)20(27)22-9-8-13-11-23-16-5-3-2-4-15(13)16/h2-7,10-11,23H,8-9,12H2,1H3,(H,22,27)(H,24,28). The Morgan fingerprint density at radius 2 is 2.00 bits per heavy atom. The van der Waals surface area contributed by atoms with Crippen molar-refractivity contribution in [1.82, 2.24) is 10.3 Å². The number of carbonyl (C=O) groups is 3. The van der Waals surface area contributed by atoms with Gasteiger partial charge in [0.15, 0.2) is 6.61 Å². The smallest absolute Gasteiger partial charge is 0.313 e. The van der Waals surface area contributed by atoms with Crippen LogP contribution < -0.4 is 20.3 Å². The Kier molecular flexibility index (Phi) is 4.90. The summed E-state index contributed by atoms with van der Waals surface area (Å²) in [6.07, 6.45) is 2.51. The van der Waals surface area contributed by atoms with Gasteiger partial charge in [-0.1, -0.05) is 18.2 Å². The van der Waals surface area contributed by atoms with Crippen LogP contribution in [0.15, 0.2) is 48.7 Å². The van der Waals surface area contributed by atoms with Crippen molar-refractivity contribution >= 4 is 40.0 Å². The van der Waals surface area contributed by atoms with E-state index in [0.717, 1.165) is 16.5 Å². The van der Waals surface area contributed by atoms with Gasteiger partial charge in [-0.25, -0.2) is 0 Å². The van der Waals surface area contributed by atoms with Crippen molar-refractivity contribution in [2.75, 3.05) is 30.4 Å². The predicted octanol–water partition coefficient (Wildman–Crippen LogP) is 1.82. The van der Waals surface area contributed by atoms with E-state index in [4.69, 9.17) is 4.74 Å². The lowest BCUT2D eigenvalue weighted by Gasteiger charge is -2.26. The van der Waals surface area contributed by atoms with Crippen LogP contribution in [0.1, 0.15) is 5.56 Å². The Labute approximate surface area is 166 Å². The van der Waals surface area contributed by atoms with Crippen LogP contribution in [0, 0.1) is 0 Å². The maximum atomic E-state index is 12.2. The van der Waals surface area contributed by atoms with Gasteiger partial charge < -0.3 is 25.3 Å². The van der Waals surface area contributed by atoms with Crippen LogP contribution >= 0.6 is 0 Å². The van der Waals surface area contributed by atoms with Crippen LogP contribution in [-0.4, -0.2) is 42.9 Å². The number of hydrogen-bond acceptors (Lipinski definition) is 4. The number of nitrogens with zero attached hydrogens (tertiary/aromatic N) is 1. The van der Waals surface area contributed by atoms with Crippen LogP contribution in [0.3, 0.4) is 0 Å². The van der Waals surface area contributed by atoms with Crippen molar-refractivity contribution in [3.05, 3.63) is 54.2 Å². The molecule has 0 atom stereocenters. The Hall–Kier alpha value is -3.81. The highest BCUT2D eigenvalue weighted by atomic mass is 16.5. The van der Waals surface area contributed by atoms with Crippen LogP contribution in [-0.2, 0) is 20.8 Å². The second-order valence-electron chi connectivity index (χ2n) is 6.74. The number of nitrogens with one attached hydrogen (secondary N) is 3. The van der Waals surface area contributed by atoms with Gasteiger partial charge in [0.2, 0.25) is 0 Å². The van der Waals surface area contributed by atoms with Crippen LogP contribution in [0.5, 0.6) is 5.75 Å². The lowest BCUT2D eigenvalue weighted by Crippen LogP contribution is -2.37. The average Bonchev–Trinajstić information content (AvgIpc) is 3.14. The number of fused-ring (bicyclic) bond motifs is 2. The third-order valence-corrected chi connectivity index (χ3v) is 4.86. The molecule has 0 radical (unpaired) electrons. The summed E-state index contributed by atoms with van der Waals surface area (Å²) in [5, 5.41) is 6.28. The number of aromatic amines is 1. The van der Waals surface area contributed by atoms with Gasteiger partial charge in [0, 0.05) is 36.4 Å². The zero-order valence-electron chi connectivity index (χ0n) is 15.8. The van der Waals surface area contributed by atoms with Crippen molar-refractivity contribution in [3.8, 4) is 5.75 Å². The molecule has 3 N–H and O–H groups in total. The van der Waals surface area contributed by atoms with E-state index in [2.05, 4.69) is 15.6 Å². The average molecular weight is 392 g/mol. The first-order chi connectivity index (χ1) is 14.0. The fourth-order valence-corrected chi connectivity index (χ4v) is 3.27. The molecule has 0 spiro atoms. The number of ether oxygens (including phenoxy) is 1. The van der Waals surface area contributed by atoms with E-state index in [1.807, 2.05) is 30.5 Å². The predicted molar refractivity (Wildman–Crippen MR) is 109 cm³/mol. The number of anilines is 2. The second kappa shape index (κ2) is 7.67. The maximum Gasteiger partial charge on any atom is 0.313 e. The topological polar surface area (TPSA) is 104 Å². The highest BCUT2D eigenvalue weighted by Gasteiger charge is 2.23. The minimum atomic E-state index is -0.769. The molecule has 29 heavy (non-hydrogen) atoms. The van der Waals surface area contributed by atoms with Gasteiger partial charge in [0.25, 0.3) is 5.91 Å². The molecule has 0 saturated carbocycles. The summed E-state index contributed by atoms with van der Waals surface area (Å²) in [7, 11) is 1.63. The zero-order valence-corrected chi connectivity index (χ0v) is 15.8. The first-order valence-corrected chi connectivity index (χ1v) is 9.20. The third-order valence-electron chi connectivity index (χ3n) is 4.86. The van der Waals surface area contributed by atoms with E-state index in [0.29, 0.717) is 30.1 Å². The molecule has 3 aromatic rings. The molecule has 1 aliphatic heterocycles. The molecule has 1 aromatic heterocycles. The number of amides is 3. The van der Waals surface area contributed by atoms with Crippen LogP contribution in [0.4, 0.5) is 11.4 Å². The molecular formula is C21H20N4O4. The summed E-state index contributed by atoms with van der Waals surface area (Å²) in [6, 6.07) is 12.8. The number of rotatable bonds is 4. The largest absolute Gasteiger partial charge is 0.482 e. The summed E-state index contributed by atoms with van der Waals surface area (Å²) in [4.78, 5) is 40.7. The fraction of sp³-hybridized carbons (Fsp3) is 0.190. The minimum absolute atomic E-state index is 0.0198. The number of H-pyrrole nitrogens is 1. The van der Waals surface area contributed by atoms with Crippen molar-refractivity contribution in [3.63, 3.8) is 0 Å². The van der Waals surface area contributed by atoms with E-state index in [1.54, 1.807) is 25.2 Å². The van der Waals surface area contributed by atoms with E-state index >= 15 is 0 Å². The number of carbonyl (C=O) groups excluding carboxylic acids is 3. The molecule has 0 aliphatic carbocycles. The van der Waals surface area contributed by atoms with Crippen LogP contribution in [0.25, 0.3) is 10.9 Å². The van der Waals surface area contributed by atoms with Gasteiger partial charge in [-0.2, -0.15) is 0 Å². The van der Waals surface area contributed by atoms with Crippen LogP contribution in [0.2, 0.25) is 0 Å². The Morgan fingerprint density at radius 1 is 1.17 bits per heavy atom. The number of likely N-dealkylation sites (N-methyl/N-ethyl adjacent to an activating group) is 1. The molecule has 0 unspecified atom stereocenters. The molecule has 2 aromatic carbocycles. The van der Waals surface area contributed by atoms with Crippen molar-refractivity contribution in [2.24, 2.45) is 0 Å². The summed E-state index contributed by atoms with van der Waals surface area (Å²) < 4.78 is 5.35. The Morgan fingerprint density at radius 3 is 2.86 bits per heavy atom. The minimum Gasteiger partial charge on any atom is -0.482 e. The number of benzene rings is 2. The van der Waals surface area contributed by atoms with Gasteiger partial charge in [0.05, 0.1) is 5.69 Å². The molecule has 8 nitrogen and oxygen atoms in total. The number of aromatic nitrogens is 1. The maximum absolute atomic E-state index is 12.2. The summed E-state index contributed by atoms with van der Waals surface area (Å²) in [5.74, 6) is -1.12. The molecule has 8 heteroatoms. The summed E-state index contributed by atoms with van der Waals surface area (Å²) in [5.41, 5.74) is 3.06. The first-order valence-electron chi connectivity index (χ1n) is 9.20. The number of para-hydroxylation sites is 1. The van der Waals surface area contributed by atoms with Crippen molar-refractivity contribution in [1.29, 1.82) is 0 Å². The highest BCUT2D eigenvalue weighted by molar-refractivity contribution is 6.39. The van der Waals surface area contributed by atoms with Gasteiger partial charge in [-0.15, -0.1) is 0 Å². The number of hydrogen-bond donors (Lipinski definition) is 3. The SMILES string of the molecule is CN1C(=O)COc2ccc(NC(=O)C(=O)NCCc3c[nH]c4ccccc34)cc21. The molecule has 2 heterocycles. The first kappa shape index (κ1) is 18.5. The van der Waals surface area contributed by atoms with E-state index in [9.17, 15) is 14.4 Å². The van der Waals surface area contributed by atoms with Gasteiger partial charge >= 0.3 is 11.8 Å². The molecular weight excluding hydrogens is 372 g/mol. The van der Waals surface area contributed by atoms with Gasteiger partial charge in [-0.3, -0.25) is 14.4 Å². The Balaban J connectivity index is 1.34.